The summed E-state index contributed by atoms with van der Waals surface area (Å²) in [6.07, 6.45) is -2.97. The van der Waals surface area contributed by atoms with E-state index in [9.17, 15) is 18.9 Å². The van der Waals surface area contributed by atoms with Gasteiger partial charge in [0.1, 0.15) is 18.0 Å². The van der Waals surface area contributed by atoms with Gasteiger partial charge in [0, 0.05) is 0 Å². The Morgan fingerprint density at radius 3 is 2.59 bits per heavy atom. The van der Waals surface area contributed by atoms with Crippen molar-refractivity contribution in [3.8, 4) is 12.1 Å². The highest BCUT2D eigenvalue weighted by molar-refractivity contribution is 5.50. The van der Waals surface area contributed by atoms with Gasteiger partial charge < -0.3 is 0 Å². The SMILES string of the molecule is N#CCc1c([N+](=O)[O-])cnc(C#N)c1C(F)F. The number of alkyl halides is 2. The van der Waals surface area contributed by atoms with E-state index in [1.165, 1.54) is 6.07 Å². The molecule has 0 radical (unpaired) electrons. The van der Waals surface area contributed by atoms with E-state index in [0.717, 1.165) is 0 Å². The maximum absolute atomic E-state index is 12.7. The molecule has 1 heterocycles. The summed E-state index contributed by atoms with van der Waals surface area (Å²) in [4.78, 5) is 13.0. The molecule has 0 saturated carbocycles. The second kappa shape index (κ2) is 4.94. The Hall–Kier alpha value is -2.61. The number of pyridine rings is 1. The number of nitro groups is 1. The molecule has 6 nitrogen and oxygen atoms in total. The molecule has 0 aliphatic heterocycles. The van der Waals surface area contributed by atoms with Gasteiger partial charge in [-0.25, -0.2) is 13.8 Å². The summed E-state index contributed by atoms with van der Waals surface area (Å²) < 4.78 is 25.4. The summed E-state index contributed by atoms with van der Waals surface area (Å²) in [5, 5.41) is 27.7. The average Bonchev–Trinajstić information content (AvgIpc) is 2.27. The van der Waals surface area contributed by atoms with Crippen molar-refractivity contribution in [1.29, 1.82) is 10.5 Å². The molecule has 1 aromatic rings. The standard InChI is InChI=1S/C9H4F2N4O2/c10-9(11)8-5(1-2-12)7(15(16)17)4-14-6(8)3-13/h4,9H,1H2. The normalized spacial score (nSPS) is 9.71. The Bertz CT molecular complexity index is 545. The minimum atomic E-state index is -3.10. The third kappa shape index (κ3) is 2.32. The molecule has 8 heteroatoms. The maximum atomic E-state index is 12.7. The molecule has 1 rings (SSSR count). The van der Waals surface area contributed by atoms with Gasteiger partial charge in [0.2, 0.25) is 0 Å². The number of rotatable bonds is 3. The molecule has 0 amide bonds. The van der Waals surface area contributed by atoms with Crippen LogP contribution in [0.15, 0.2) is 6.20 Å². The Balaban J connectivity index is 3.61. The smallest absolute Gasteiger partial charge is 0.258 e. The first-order valence-electron chi connectivity index (χ1n) is 4.24. The molecule has 0 spiro atoms. The number of halogens is 2. The number of aromatic nitrogens is 1. The second-order valence-corrected chi connectivity index (χ2v) is 2.89. The quantitative estimate of drug-likeness (QED) is 0.590. The third-order valence-electron chi connectivity index (χ3n) is 1.98. The molecule has 0 saturated heterocycles. The topological polar surface area (TPSA) is 104 Å². The summed E-state index contributed by atoms with van der Waals surface area (Å²) in [7, 11) is 0. The highest BCUT2D eigenvalue weighted by atomic mass is 19.3. The van der Waals surface area contributed by atoms with Gasteiger partial charge in [0.25, 0.3) is 12.1 Å². The molecule has 0 N–H and O–H groups in total. The van der Waals surface area contributed by atoms with Crippen LogP contribution >= 0.6 is 0 Å². The molecule has 0 fully saturated rings. The lowest BCUT2D eigenvalue weighted by atomic mass is 10.0. The molecule has 0 unspecified atom stereocenters. The lowest BCUT2D eigenvalue weighted by Crippen LogP contribution is -2.05. The van der Waals surface area contributed by atoms with Gasteiger partial charge in [0.15, 0.2) is 0 Å². The zero-order valence-electron chi connectivity index (χ0n) is 8.22. The van der Waals surface area contributed by atoms with E-state index in [1.54, 1.807) is 6.07 Å². The summed E-state index contributed by atoms with van der Waals surface area (Å²) >= 11 is 0. The summed E-state index contributed by atoms with van der Waals surface area (Å²) in [6.45, 7) is 0. The van der Waals surface area contributed by atoms with E-state index in [1.807, 2.05) is 0 Å². The van der Waals surface area contributed by atoms with Gasteiger partial charge in [-0.2, -0.15) is 10.5 Å². The van der Waals surface area contributed by atoms with Crippen molar-refractivity contribution in [2.75, 3.05) is 0 Å². The van der Waals surface area contributed by atoms with E-state index in [0.29, 0.717) is 6.20 Å². The second-order valence-electron chi connectivity index (χ2n) is 2.89. The fourth-order valence-electron chi connectivity index (χ4n) is 1.30. The summed E-state index contributed by atoms with van der Waals surface area (Å²) in [5.41, 5.74) is -2.58. The first-order chi connectivity index (χ1) is 8.02. The molecule has 1 aromatic heterocycles. The van der Waals surface area contributed by atoms with Crippen LogP contribution in [0.5, 0.6) is 0 Å². The van der Waals surface area contributed by atoms with Crippen molar-refractivity contribution in [3.05, 3.63) is 33.1 Å². The van der Waals surface area contributed by atoms with Crippen LogP contribution in [0, 0.1) is 32.8 Å². The molecule has 0 atom stereocenters. The van der Waals surface area contributed by atoms with Gasteiger partial charge in [-0.15, -0.1) is 0 Å². The number of nitriles is 2. The zero-order valence-corrected chi connectivity index (χ0v) is 8.22. The van der Waals surface area contributed by atoms with E-state index < -0.39 is 40.3 Å². The fraction of sp³-hybridized carbons (Fsp3) is 0.222. The third-order valence-corrected chi connectivity index (χ3v) is 1.98. The first kappa shape index (κ1) is 12.5. The average molecular weight is 238 g/mol. The number of hydrogen-bond acceptors (Lipinski definition) is 5. The van der Waals surface area contributed by atoms with Gasteiger partial charge in [-0.05, 0) is 0 Å². The molecule has 0 aliphatic carbocycles. The van der Waals surface area contributed by atoms with Crippen LogP contribution in [-0.2, 0) is 6.42 Å². The fourth-order valence-corrected chi connectivity index (χ4v) is 1.30. The summed E-state index contributed by atoms with van der Waals surface area (Å²) in [5.74, 6) is 0. The van der Waals surface area contributed by atoms with Gasteiger partial charge in [0.05, 0.1) is 28.5 Å². The Kier molecular flexibility index (Phi) is 3.62. The molecule has 0 aromatic carbocycles. The monoisotopic (exact) mass is 238 g/mol. The van der Waals surface area contributed by atoms with E-state index >= 15 is 0 Å². The van der Waals surface area contributed by atoms with Crippen LogP contribution in [0.2, 0.25) is 0 Å². The number of nitrogens with zero attached hydrogens (tertiary/aromatic N) is 4. The lowest BCUT2D eigenvalue weighted by molar-refractivity contribution is -0.385. The highest BCUT2D eigenvalue weighted by Crippen LogP contribution is 2.31. The van der Waals surface area contributed by atoms with Crippen LogP contribution in [0.25, 0.3) is 0 Å². The van der Waals surface area contributed by atoms with Crippen molar-refractivity contribution in [1.82, 2.24) is 4.98 Å². The predicted octanol–water partition coefficient (Wildman–Crippen LogP) is 1.87. The highest BCUT2D eigenvalue weighted by Gasteiger charge is 2.27. The molecule has 86 valence electrons. The largest absolute Gasteiger partial charge is 0.292 e. The Labute approximate surface area is 93.9 Å². The van der Waals surface area contributed by atoms with Crippen LogP contribution < -0.4 is 0 Å². The van der Waals surface area contributed by atoms with Crippen LogP contribution in [0.3, 0.4) is 0 Å². The molecule has 17 heavy (non-hydrogen) atoms. The van der Waals surface area contributed by atoms with Gasteiger partial charge >= 0.3 is 0 Å². The van der Waals surface area contributed by atoms with Crippen LogP contribution in [0.4, 0.5) is 14.5 Å². The van der Waals surface area contributed by atoms with E-state index in [-0.39, 0.29) is 0 Å². The van der Waals surface area contributed by atoms with Crippen molar-refractivity contribution < 1.29 is 13.7 Å². The van der Waals surface area contributed by atoms with Crippen LogP contribution in [0.1, 0.15) is 23.2 Å². The zero-order chi connectivity index (χ0) is 13.0. The molecule has 0 aliphatic rings. The van der Waals surface area contributed by atoms with Crippen molar-refractivity contribution in [2.45, 2.75) is 12.8 Å². The summed E-state index contributed by atoms with van der Waals surface area (Å²) in [6, 6.07) is 2.97. The first-order valence-corrected chi connectivity index (χ1v) is 4.24. The van der Waals surface area contributed by atoms with Crippen molar-refractivity contribution in [2.24, 2.45) is 0 Å². The van der Waals surface area contributed by atoms with Gasteiger partial charge in [-0.3, -0.25) is 10.1 Å². The Morgan fingerprint density at radius 2 is 2.18 bits per heavy atom. The van der Waals surface area contributed by atoms with Crippen molar-refractivity contribution >= 4 is 5.69 Å². The number of hydrogen-bond donors (Lipinski definition) is 0. The predicted molar refractivity (Wildman–Crippen MR) is 49.9 cm³/mol. The molecular formula is C9H4F2N4O2. The minimum Gasteiger partial charge on any atom is -0.258 e. The maximum Gasteiger partial charge on any atom is 0.292 e. The van der Waals surface area contributed by atoms with E-state index in [4.69, 9.17) is 10.5 Å². The van der Waals surface area contributed by atoms with Crippen LogP contribution in [-0.4, -0.2) is 9.91 Å². The van der Waals surface area contributed by atoms with E-state index in [2.05, 4.69) is 4.98 Å². The van der Waals surface area contributed by atoms with Crippen molar-refractivity contribution in [3.63, 3.8) is 0 Å². The van der Waals surface area contributed by atoms with Gasteiger partial charge in [-0.1, -0.05) is 0 Å². The minimum absolute atomic E-state index is 0.459. The Morgan fingerprint density at radius 1 is 1.53 bits per heavy atom. The molecule has 0 bridgehead atoms. The molecular weight excluding hydrogens is 234 g/mol. The lowest BCUT2D eigenvalue weighted by Gasteiger charge is -2.07.